The highest BCUT2D eigenvalue weighted by Crippen LogP contribution is 2.07. The number of amides is 1. The lowest BCUT2D eigenvalue weighted by Crippen LogP contribution is -2.27. The van der Waals surface area contributed by atoms with Gasteiger partial charge in [-0.25, -0.2) is 0 Å². The number of rotatable bonds is 4. The average Bonchev–Trinajstić information content (AvgIpc) is 2.05. The Kier molecular flexibility index (Phi) is 4.42. The number of carbonyl (C=O) groups is 1. The lowest BCUT2D eigenvalue weighted by Gasteiger charge is -2.14. The summed E-state index contributed by atoms with van der Waals surface area (Å²) in [5, 5.41) is 2.71. The Morgan fingerprint density at radius 2 is 2.50 bits per heavy atom. The molecule has 0 unspecified atom stereocenters. The van der Waals surface area contributed by atoms with Crippen LogP contribution in [0.25, 0.3) is 0 Å². The summed E-state index contributed by atoms with van der Waals surface area (Å²) in [6.45, 7) is 1.43. The molecule has 0 saturated heterocycles. The van der Waals surface area contributed by atoms with Crippen LogP contribution >= 0.6 is 22.6 Å². The van der Waals surface area contributed by atoms with Gasteiger partial charge in [0.1, 0.15) is 5.76 Å². The van der Waals surface area contributed by atoms with Crippen LogP contribution < -0.4 is 5.32 Å². The number of hydrogen-bond donors (Lipinski definition) is 1. The molecule has 0 spiro atoms. The van der Waals surface area contributed by atoms with Crippen LogP contribution in [0.1, 0.15) is 12.8 Å². The highest BCUT2D eigenvalue weighted by Gasteiger charge is 2.08. The van der Waals surface area contributed by atoms with E-state index in [-0.39, 0.29) is 5.91 Å². The lowest BCUT2D eigenvalue weighted by molar-refractivity contribution is -0.117. The molecule has 68 valence electrons. The van der Waals surface area contributed by atoms with E-state index in [1.54, 1.807) is 0 Å². The molecular weight excluding hydrogens is 269 g/mol. The van der Waals surface area contributed by atoms with E-state index in [1.807, 2.05) is 0 Å². The molecule has 0 atom stereocenters. The van der Waals surface area contributed by atoms with Gasteiger partial charge >= 0.3 is 0 Å². The second-order valence-corrected chi connectivity index (χ2v) is 3.62. The molecule has 1 rings (SSSR count). The Bertz CT molecular complexity index is 191. The van der Waals surface area contributed by atoms with Crippen LogP contribution in [0.15, 0.2) is 11.8 Å². The average molecular weight is 281 g/mol. The van der Waals surface area contributed by atoms with E-state index in [1.165, 1.54) is 6.08 Å². The molecule has 4 heteroatoms. The predicted octanol–water partition coefficient (Wildman–Crippen LogP) is 1.23. The fourth-order valence-electron chi connectivity index (χ4n) is 0.950. The first-order chi connectivity index (χ1) is 5.83. The van der Waals surface area contributed by atoms with Crippen molar-refractivity contribution in [2.24, 2.45) is 0 Å². The van der Waals surface area contributed by atoms with E-state index in [4.69, 9.17) is 4.74 Å². The second-order valence-electron chi connectivity index (χ2n) is 2.54. The van der Waals surface area contributed by atoms with Crippen molar-refractivity contribution in [3.8, 4) is 0 Å². The predicted molar refractivity (Wildman–Crippen MR) is 55.2 cm³/mol. The summed E-state index contributed by atoms with van der Waals surface area (Å²) in [5.74, 6) is 0.786. The molecule has 1 amide bonds. The van der Waals surface area contributed by atoms with Crippen molar-refractivity contribution in [1.82, 2.24) is 5.32 Å². The molecule has 0 aromatic heterocycles. The van der Waals surface area contributed by atoms with Gasteiger partial charge in [-0.15, -0.1) is 0 Å². The summed E-state index contributed by atoms with van der Waals surface area (Å²) in [4.78, 5) is 10.8. The van der Waals surface area contributed by atoms with Crippen molar-refractivity contribution in [3.63, 3.8) is 0 Å². The minimum Gasteiger partial charge on any atom is -0.498 e. The van der Waals surface area contributed by atoms with Crippen molar-refractivity contribution in [1.29, 1.82) is 0 Å². The Morgan fingerprint density at radius 3 is 3.17 bits per heavy atom. The van der Waals surface area contributed by atoms with Crippen LogP contribution in [-0.4, -0.2) is 23.5 Å². The number of nitrogens with one attached hydrogen (secondary N) is 1. The van der Waals surface area contributed by atoms with Gasteiger partial charge in [-0.2, -0.15) is 0 Å². The Labute approximate surface area is 85.7 Å². The third-order valence-corrected chi connectivity index (χ3v) is 2.29. The lowest BCUT2D eigenvalue weighted by atomic mass is 10.2. The molecule has 3 nitrogen and oxygen atoms in total. The molecule has 0 radical (unpaired) electrons. The molecular formula is C8H12INO2. The van der Waals surface area contributed by atoms with Crippen LogP contribution in [-0.2, 0) is 9.53 Å². The smallest absolute Gasteiger partial charge is 0.247 e. The van der Waals surface area contributed by atoms with E-state index in [2.05, 4.69) is 27.9 Å². The van der Waals surface area contributed by atoms with E-state index in [0.29, 0.717) is 6.54 Å². The standard InChI is InChI=1S/C8H12INO2/c9-3-1-5-12-7-2-4-10-8(11)6-7/h6H,1-5H2,(H,10,11). The first-order valence-electron chi connectivity index (χ1n) is 4.00. The van der Waals surface area contributed by atoms with E-state index >= 15 is 0 Å². The van der Waals surface area contributed by atoms with E-state index in [0.717, 1.165) is 29.6 Å². The fourth-order valence-corrected chi connectivity index (χ4v) is 1.26. The Morgan fingerprint density at radius 1 is 1.67 bits per heavy atom. The zero-order chi connectivity index (χ0) is 8.81. The Balaban J connectivity index is 2.26. The number of ether oxygens (including phenoxy) is 1. The first-order valence-corrected chi connectivity index (χ1v) is 5.52. The SMILES string of the molecule is O=C1C=C(OCCCI)CCN1. The van der Waals surface area contributed by atoms with Gasteiger partial charge in [-0.1, -0.05) is 22.6 Å². The summed E-state index contributed by atoms with van der Waals surface area (Å²) < 4.78 is 6.48. The fraction of sp³-hybridized carbons (Fsp3) is 0.625. The highest BCUT2D eigenvalue weighted by molar-refractivity contribution is 14.1. The number of hydrogen-bond acceptors (Lipinski definition) is 2. The molecule has 12 heavy (non-hydrogen) atoms. The van der Waals surface area contributed by atoms with Crippen LogP contribution in [0.4, 0.5) is 0 Å². The molecule has 1 aliphatic heterocycles. The summed E-state index contributed by atoms with van der Waals surface area (Å²) in [6, 6.07) is 0. The van der Waals surface area contributed by atoms with Crippen LogP contribution in [0.5, 0.6) is 0 Å². The molecule has 1 aliphatic rings. The summed E-state index contributed by atoms with van der Waals surface area (Å²) in [7, 11) is 0. The minimum atomic E-state index is -0.0364. The molecule has 0 aliphatic carbocycles. The highest BCUT2D eigenvalue weighted by atomic mass is 127. The topological polar surface area (TPSA) is 38.3 Å². The number of carbonyl (C=O) groups excluding carboxylic acids is 1. The largest absolute Gasteiger partial charge is 0.498 e. The number of halogens is 1. The van der Waals surface area contributed by atoms with Crippen molar-refractivity contribution in [2.45, 2.75) is 12.8 Å². The molecule has 0 saturated carbocycles. The van der Waals surface area contributed by atoms with Gasteiger partial charge in [0.15, 0.2) is 0 Å². The van der Waals surface area contributed by atoms with Crippen molar-refractivity contribution < 1.29 is 9.53 Å². The van der Waals surface area contributed by atoms with Gasteiger partial charge < -0.3 is 10.1 Å². The monoisotopic (exact) mass is 281 g/mol. The summed E-state index contributed by atoms with van der Waals surface area (Å²) in [6.07, 6.45) is 3.41. The number of alkyl halides is 1. The van der Waals surface area contributed by atoms with E-state index < -0.39 is 0 Å². The maximum absolute atomic E-state index is 10.8. The van der Waals surface area contributed by atoms with Gasteiger partial charge in [0.05, 0.1) is 6.61 Å². The zero-order valence-electron chi connectivity index (χ0n) is 6.81. The van der Waals surface area contributed by atoms with Crippen molar-refractivity contribution in [3.05, 3.63) is 11.8 Å². The molecule has 0 bridgehead atoms. The second kappa shape index (κ2) is 5.40. The van der Waals surface area contributed by atoms with Gasteiger partial charge in [0.25, 0.3) is 0 Å². The molecule has 1 N–H and O–H groups in total. The van der Waals surface area contributed by atoms with Crippen molar-refractivity contribution in [2.75, 3.05) is 17.6 Å². The quantitative estimate of drug-likeness (QED) is 0.478. The maximum atomic E-state index is 10.8. The summed E-state index contributed by atoms with van der Waals surface area (Å²) in [5.41, 5.74) is 0. The minimum absolute atomic E-state index is 0.0364. The van der Waals surface area contributed by atoms with Crippen LogP contribution in [0, 0.1) is 0 Å². The normalized spacial score (nSPS) is 16.8. The van der Waals surface area contributed by atoms with E-state index in [9.17, 15) is 4.79 Å². The molecule has 0 aromatic rings. The van der Waals surface area contributed by atoms with Gasteiger partial charge in [0, 0.05) is 23.5 Å². The van der Waals surface area contributed by atoms with Crippen molar-refractivity contribution >= 4 is 28.5 Å². The van der Waals surface area contributed by atoms with Gasteiger partial charge in [-0.05, 0) is 6.42 Å². The Hall–Kier alpha value is -0.260. The first kappa shape index (κ1) is 9.83. The summed E-state index contributed by atoms with van der Waals surface area (Å²) >= 11 is 2.31. The third kappa shape index (κ3) is 3.42. The van der Waals surface area contributed by atoms with Crippen LogP contribution in [0.3, 0.4) is 0 Å². The van der Waals surface area contributed by atoms with Gasteiger partial charge in [-0.3, -0.25) is 4.79 Å². The zero-order valence-corrected chi connectivity index (χ0v) is 8.96. The molecule has 0 fully saturated rings. The van der Waals surface area contributed by atoms with Crippen LogP contribution in [0.2, 0.25) is 0 Å². The molecule has 0 aromatic carbocycles. The maximum Gasteiger partial charge on any atom is 0.247 e. The third-order valence-electron chi connectivity index (χ3n) is 1.53. The molecule has 1 heterocycles. The van der Waals surface area contributed by atoms with Gasteiger partial charge in [0.2, 0.25) is 5.91 Å².